The van der Waals surface area contributed by atoms with Gasteiger partial charge in [0, 0.05) is 25.2 Å². The van der Waals surface area contributed by atoms with Crippen LogP contribution in [0.25, 0.3) is 10.9 Å². The molecular formula is C21H21N3O2. The highest BCUT2D eigenvalue weighted by Crippen LogP contribution is 2.39. The molecule has 5 nitrogen and oxygen atoms in total. The number of anilines is 1. The fourth-order valence-electron chi connectivity index (χ4n) is 3.78. The SMILES string of the molecule is CC(C)N1C(=O)[C@@H](Cc2nc3ccccc3c(=O)n2C)c2ccccc21. The number of carbonyl (C=O) groups excluding carboxylic acids is 1. The van der Waals surface area contributed by atoms with Gasteiger partial charge in [-0.15, -0.1) is 0 Å². The average Bonchev–Trinajstić information content (AvgIpc) is 2.91. The number of amides is 1. The molecule has 2 heterocycles. The molecule has 0 saturated carbocycles. The summed E-state index contributed by atoms with van der Waals surface area (Å²) in [6, 6.07) is 15.3. The Morgan fingerprint density at radius 3 is 2.50 bits per heavy atom. The lowest BCUT2D eigenvalue weighted by atomic mass is 9.96. The van der Waals surface area contributed by atoms with Crippen LogP contribution in [0, 0.1) is 0 Å². The summed E-state index contributed by atoms with van der Waals surface area (Å²) in [6.07, 6.45) is 0.412. The third kappa shape index (κ3) is 2.43. The van der Waals surface area contributed by atoms with Crippen LogP contribution in [0.5, 0.6) is 0 Å². The zero-order valence-corrected chi connectivity index (χ0v) is 15.1. The van der Waals surface area contributed by atoms with Crippen molar-refractivity contribution in [3.63, 3.8) is 0 Å². The van der Waals surface area contributed by atoms with Gasteiger partial charge in [-0.3, -0.25) is 14.2 Å². The molecule has 0 fully saturated rings. The Hall–Kier alpha value is -2.95. The zero-order valence-electron chi connectivity index (χ0n) is 15.1. The maximum atomic E-state index is 13.1. The summed E-state index contributed by atoms with van der Waals surface area (Å²) in [5.74, 6) is 0.393. The number of aromatic nitrogens is 2. The van der Waals surface area contributed by atoms with Gasteiger partial charge in [-0.1, -0.05) is 30.3 Å². The van der Waals surface area contributed by atoms with Crippen LogP contribution >= 0.6 is 0 Å². The van der Waals surface area contributed by atoms with Crippen molar-refractivity contribution in [1.29, 1.82) is 0 Å². The Bertz CT molecular complexity index is 1070. The van der Waals surface area contributed by atoms with Crippen molar-refractivity contribution in [2.75, 3.05) is 4.90 Å². The van der Waals surface area contributed by atoms with E-state index in [4.69, 9.17) is 0 Å². The quantitative estimate of drug-likeness (QED) is 0.732. The molecular weight excluding hydrogens is 326 g/mol. The van der Waals surface area contributed by atoms with Crippen LogP contribution in [0.4, 0.5) is 5.69 Å². The van der Waals surface area contributed by atoms with E-state index in [-0.39, 0.29) is 23.4 Å². The van der Waals surface area contributed by atoms with Crippen LogP contribution in [-0.4, -0.2) is 21.5 Å². The van der Waals surface area contributed by atoms with E-state index in [2.05, 4.69) is 4.98 Å². The third-order valence-electron chi connectivity index (χ3n) is 5.09. The standard InChI is InChI=1S/C21H21N3O2/c1-13(2)24-18-11-7-5-8-14(18)16(21(24)26)12-19-22-17-10-6-4-9-15(17)20(25)23(19)3/h4-11,13,16H,12H2,1-3H3/t16-/m0/s1. The molecule has 0 radical (unpaired) electrons. The molecule has 1 aliphatic rings. The number of benzene rings is 2. The van der Waals surface area contributed by atoms with Gasteiger partial charge in [0.25, 0.3) is 5.56 Å². The average molecular weight is 347 g/mol. The summed E-state index contributed by atoms with van der Waals surface area (Å²) in [7, 11) is 1.72. The Labute approximate surface area is 151 Å². The molecule has 1 aliphatic heterocycles. The largest absolute Gasteiger partial charge is 0.309 e. The molecule has 0 bridgehead atoms. The lowest BCUT2D eigenvalue weighted by Gasteiger charge is -2.22. The molecule has 0 spiro atoms. The van der Waals surface area contributed by atoms with Crippen molar-refractivity contribution in [3.05, 3.63) is 70.3 Å². The number of nitrogens with zero attached hydrogens (tertiary/aromatic N) is 3. The van der Waals surface area contributed by atoms with Gasteiger partial charge in [0.1, 0.15) is 5.82 Å². The highest BCUT2D eigenvalue weighted by Gasteiger charge is 2.38. The van der Waals surface area contributed by atoms with Gasteiger partial charge in [0.2, 0.25) is 5.91 Å². The monoisotopic (exact) mass is 347 g/mol. The topological polar surface area (TPSA) is 55.2 Å². The molecule has 1 amide bonds. The van der Waals surface area contributed by atoms with Gasteiger partial charge < -0.3 is 4.90 Å². The Kier molecular flexibility index (Phi) is 3.87. The van der Waals surface area contributed by atoms with E-state index in [0.29, 0.717) is 23.1 Å². The molecule has 0 N–H and O–H groups in total. The molecule has 5 heteroatoms. The second kappa shape index (κ2) is 6.09. The maximum Gasteiger partial charge on any atom is 0.261 e. The molecule has 0 saturated heterocycles. The first-order valence-electron chi connectivity index (χ1n) is 8.85. The fourth-order valence-corrected chi connectivity index (χ4v) is 3.78. The van der Waals surface area contributed by atoms with E-state index in [1.54, 1.807) is 17.7 Å². The normalized spacial score (nSPS) is 16.5. The summed E-state index contributed by atoms with van der Waals surface area (Å²) >= 11 is 0. The lowest BCUT2D eigenvalue weighted by Crippen LogP contribution is -2.36. The minimum absolute atomic E-state index is 0.0728. The number of para-hydroxylation sites is 2. The number of hydrogen-bond acceptors (Lipinski definition) is 3. The first-order valence-corrected chi connectivity index (χ1v) is 8.85. The lowest BCUT2D eigenvalue weighted by molar-refractivity contribution is -0.119. The second-order valence-electron chi connectivity index (χ2n) is 7.03. The fraction of sp³-hybridized carbons (Fsp3) is 0.286. The molecule has 132 valence electrons. The van der Waals surface area contributed by atoms with E-state index in [1.165, 1.54) is 0 Å². The van der Waals surface area contributed by atoms with Gasteiger partial charge in [0.15, 0.2) is 0 Å². The van der Waals surface area contributed by atoms with Gasteiger partial charge in [-0.05, 0) is 37.6 Å². The van der Waals surface area contributed by atoms with E-state index in [0.717, 1.165) is 11.3 Å². The van der Waals surface area contributed by atoms with Crippen molar-refractivity contribution in [2.45, 2.75) is 32.2 Å². The first-order chi connectivity index (χ1) is 12.5. The third-order valence-corrected chi connectivity index (χ3v) is 5.09. The summed E-state index contributed by atoms with van der Waals surface area (Å²) < 4.78 is 1.57. The number of rotatable bonds is 3. The molecule has 26 heavy (non-hydrogen) atoms. The molecule has 0 unspecified atom stereocenters. The van der Waals surface area contributed by atoms with Gasteiger partial charge in [-0.25, -0.2) is 4.98 Å². The predicted octanol–water partition coefficient (Wildman–Crippen LogP) is 3.01. The van der Waals surface area contributed by atoms with Crippen molar-refractivity contribution < 1.29 is 4.79 Å². The molecule has 2 aromatic carbocycles. The maximum absolute atomic E-state index is 13.1. The number of carbonyl (C=O) groups is 1. The number of hydrogen-bond donors (Lipinski definition) is 0. The predicted molar refractivity (Wildman–Crippen MR) is 102 cm³/mol. The van der Waals surface area contributed by atoms with E-state index in [9.17, 15) is 9.59 Å². The minimum Gasteiger partial charge on any atom is -0.309 e. The molecule has 1 atom stereocenters. The summed E-state index contributed by atoms with van der Waals surface area (Å²) in [4.78, 5) is 32.2. The highest BCUT2D eigenvalue weighted by molar-refractivity contribution is 6.05. The van der Waals surface area contributed by atoms with Crippen LogP contribution in [-0.2, 0) is 18.3 Å². The Morgan fingerprint density at radius 2 is 1.73 bits per heavy atom. The van der Waals surface area contributed by atoms with Crippen molar-refractivity contribution in [3.8, 4) is 0 Å². The van der Waals surface area contributed by atoms with Crippen LogP contribution in [0.15, 0.2) is 53.3 Å². The van der Waals surface area contributed by atoms with Crippen LogP contribution < -0.4 is 10.5 Å². The second-order valence-corrected chi connectivity index (χ2v) is 7.03. The summed E-state index contributed by atoms with van der Waals surface area (Å²) in [5.41, 5.74) is 2.56. The van der Waals surface area contributed by atoms with Crippen molar-refractivity contribution in [1.82, 2.24) is 9.55 Å². The van der Waals surface area contributed by atoms with Gasteiger partial charge in [-0.2, -0.15) is 0 Å². The smallest absolute Gasteiger partial charge is 0.261 e. The summed E-state index contributed by atoms with van der Waals surface area (Å²) in [5, 5.41) is 0.598. The van der Waals surface area contributed by atoms with Crippen LogP contribution in [0.1, 0.15) is 31.2 Å². The van der Waals surface area contributed by atoms with Crippen molar-refractivity contribution in [2.24, 2.45) is 7.05 Å². The summed E-state index contributed by atoms with van der Waals surface area (Å²) in [6.45, 7) is 4.03. The van der Waals surface area contributed by atoms with Crippen molar-refractivity contribution >= 4 is 22.5 Å². The van der Waals surface area contributed by atoms with Gasteiger partial charge >= 0.3 is 0 Å². The highest BCUT2D eigenvalue weighted by atomic mass is 16.2. The number of fused-ring (bicyclic) bond motifs is 2. The molecule has 3 aromatic rings. The molecule has 0 aliphatic carbocycles. The van der Waals surface area contributed by atoms with E-state index < -0.39 is 0 Å². The van der Waals surface area contributed by atoms with E-state index >= 15 is 0 Å². The Morgan fingerprint density at radius 1 is 1.04 bits per heavy atom. The van der Waals surface area contributed by atoms with E-state index in [1.807, 2.05) is 61.2 Å². The molecule has 4 rings (SSSR count). The van der Waals surface area contributed by atoms with Crippen LogP contribution in [0.3, 0.4) is 0 Å². The zero-order chi connectivity index (χ0) is 18.4. The Balaban J connectivity index is 1.81. The van der Waals surface area contributed by atoms with Gasteiger partial charge in [0.05, 0.1) is 16.8 Å². The minimum atomic E-state index is -0.312. The molecule has 1 aromatic heterocycles. The first kappa shape index (κ1) is 16.5. The van der Waals surface area contributed by atoms with Crippen LogP contribution in [0.2, 0.25) is 0 Å².